The summed E-state index contributed by atoms with van der Waals surface area (Å²) in [5.41, 5.74) is 16.7. The molecule has 0 bridgehead atoms. The van der Waals surface area contributed by atoms with Gasteiger partial charge in [-0.3, -0.25) is 28.8 Å². The number of carboxylic acid groups (broad SMARTS) is 1. The lowest BCUT2D eigenvalue weighted by molar-refractivity contribution is -0.137. The first-order chi connectivity index (χ1) is 71.1. The van der Waals surface area contributed by atoms with Crippen LogP contribution in [0.25, 0.3) is 45.3 Å². The van der Waals surface area contributed by atoms with E-state index in [9.17, 15) is 48.6 Å². The van der Waals surface area contributed by atoms with E-state index in [0.29, 0.717) is 129 Å². The van der Waals surface area contributed by atoms with E-state index in [2.05, 4.69) is 93.3 Å². The van der Waals surface area contributed by atoms with E-state index in [-0.39, 0.29) is 53.1 Å². The molecule has 2 aliphatic rings. The summed E-state index contributed by atoms with van der Waals surface area (Å²) in [5.74, 6) is 6.34. The van der Waals surface area contributed by atoms with Crippen molar-refractivity contribution in [3.8, 4) is 79.8 Å². The van der Waals surface area contributed by atoms with Crippen molar-refractivity contribution in [2.24, 2.45) is 0 Å². The molecule has 28 heteroatoms. The average Bonchev–Trinajstić information content (AvgIpc) is 1.63. The van der Waals surface area contributed by atoms with Gasteiger partial charge in [0, 0.05) is 170 Å². The molecule has 14 aromatic rings. The summed E-state index contributed by atoms with van der Waals surface area (Å²) in [4.78, 5) is 102. The number of nitrogens with zero attached hydrogens (tertiary/aromatic N) is 4. The number of amides is 4. The number of hydrogen-bond donors (Lipinski definition) is 5. The maximum Gasteiger partial charge on any atom is 0.303 e. The number of benzene rings is 10. The van der Waals surface area contributed by atoms with Gasteiger partial charge in [-0.25, -0.2) is 0 Å². The Labute approximate surface area is 897 Å². The second-order valence-electron chi connectivity index (χ2n) is 36.2. The molecule has 0 saturated heterocycles. The molecule has 770 valence electrons. The zero-order valence-corrected chi connectivity index (χ0v) is 90.8. The number of hydrogen-bond acceptors (Lipinski definition) is 19. The molecule has 0 atom stereocenters. The lowest BCUT2D eigenvalue weighted by Crippen LogP contribution is -2.26. The van der Waals surface area contributed by atoms with Gasteiger partial charge in [-0.1, -0.05) is 153 Å². The van der Waals surface area contributed by atoms with Gasteiger partial charge in [-0.05, 0) is 310 Å². The quantitative estimate of drug-likeness (QED) is 0.0176. The van der Waals surface area contributed by atoms with E-state index in [1.54, 1.807) is 128 Å². The lowest BCUT2D eigenvalue weighted by atomic mass is 10.0. The number of allylic oxidation sites excluding steroid dienone is 3. The summed E-state index contributed by atoms with van der Waals surface area (Å²) in [6.45, 7) is 12.6. The number of Topliss-reactive ketones (excluding diaryl/α,β-unsaturated/α-hetero) is 2. The fourth-order valence-electron chi connectivity index (χ4n) is 15.3. The van der Waals surface area contributed by atoms with Crippen LogP contribution in [0.15, 0.2) is 350 Å². The van der Waals surface area contributed by atoms with Gasteiger partial charge < -0.3 is 86.8 Å². The highest BCUT2D eigenvalue weighted by molar-refractivity contribution is 9.11. The number of phenols is 3. The maximum atomic E-state index is 13.1. The highest BCUT2D eigenvalue weighted by Gasteiger charge is 2.28. The standard InChI is InChI=1S/C30H33NO4.C29H31NO5.C27H28BrNO4.C19H16BrNO3.C8H10BrNO.C7H5BrO2/c1-21(6-7-22(2)32)16-18-35-29-15-14-26(23-8-9-23)19-27(29)20-31(3)30(33)25-12-10-24(11-13-25)28-5-4-17-34-28;1-20(5-14-28(31)32)15-17-35-27-13-12-24(21-6-7-21)18-25(27)19-30(2)29(33)23-10-8-22(9-11-23)26-4-3-16-34-26;1-19(6-7-20(2)30)14-16-33-26-13-12-24(28)17-23(26)18-29(3)27(31)22-10-8-21(9-11-22)25-5-4-15-32-25;1-21(12-15-11-16(20)8-9-17(15)22)19(23)14-6-4-13(5-7-14)18-3-2-10-24-18;1-10-5-6-4-7(9)2-3-8(6)11;8-6-1-2-7(10)5(3-6)4-9/h4-5,10-17,19,23H,6-9,18,20H2,1-3H3;3-4,8-13,15-16,18,21H,5-7,14,17,19H2,1-2H3,(H,31,32);4-5,8-15,17H,6-7,16,18H2,1-3H3;2-11,22H,12H2,1H3;2-4,10-11H,5H2,1H3;1-4,10H/b21-16+;20-15+;19-14+;;;. The molecule has 2 fully saturated rings. The summed E-state index contributed by atoms with van der Waals surface area (Å²) in [6.07, 6.45) is 21.1. The Hall–Kier alpha value is -14.4. The second-order valence-corrected chi connectivity index (χ2v) is 39.8. The van der Waals surface area contributed by atoms with Gasteiger partial charge >= 0.3 is 5.97 Å². The second kappa shape index (κ2) is 57.6. The molecule has 0 radical (unpaired) electrons. The average molecular weight is 2260 g/mol. The van der Waals surface area contributed by atoms with Crippen LogP contribution in [-0.2, 0) is 47.1 Å². The fraction of sp³-hybridized carbons (Fsp3) is 0.250. The van der Waals surface area contributed by atoms with Gasteiger partial charge in [0.05, 0.1) is 30.6 Å². The molecule has 148 heavy (non-hydrogen) atoms. The molecule has 4 amide bonds. The Morgan fingerprint density at radius 1 is 0.351 bits per heavy atom. The first-order valence-electron chi connectivity index (χ1n) is 48.4. The first-order valence-corrected chi connectivity index (χ1v) is 51.5. The maximum absolute atomic E-state index is 13.1. The molecular weight excluding hydrogens is 2130 g/mol. The van der Waals surface area contributed by atoms with Crippen LogP contribution < -0.4 is 19.5 Å². The molecule has 0 aliphatic heterocycles. The topological polar surface area (TPSA) is 323 Å². The molecule has 4 aromatic heterocycles. The largest absolute Gasteiger partial charge is 0.508 e. The summed E-state index contributed by atoms with van der Waals surface area (Å²) in [7, 11) is 8.96. The number of carboxylic acids is 1. The van der Waals surface area contributed by atoms with Crippen molar-refractivity contribution in [1.82, 2.24) is 24.9 Å². The third kappa shape index (κ3) is 36.6. The van der Waals surface area contributed by atoms with Crippen LogP contribution in [0.3, 0.4) is 0 Å². The van der Waals surface area contributed by atoms with Crippen molar-refractivity contribution < 1.29 is 90.7 Å². The Bertz CT molecular complexity index is 6640. The number of aromatic hydroxyl groups is 3. The van der Waals surface area contributed by atoms with Crippen LogP contribution in [0.2, 0.25) is 0 Å². The number of rotatable bonds is 39. The molecule has 2 saturated carbocycles. The van der Waals surface area contributed by atoms with E-state index in [1.807, 2.05) is 229 Å². The van der Waals surface area contributed by atoms with E-state index >= 15 is 0 Å². The molecule has 0 spiro atoms. The van der Waals surface area contributed by atoms with Crippen molar-refractivity contribution >= 4 is 111 Å². The molecule has 24 nitrogen and oxygen atoms in total. The van der Waals surface area contributed by atoms with Crippen molar-refractivity contribution in [2.75, 3.05) is 55.1 Å². The fourth-order valence-corrected chi connectivity index (χ4v) is 16.9. The summed E-state index contributed by atoms with van der Waals surface area (Å²) < 4.78 is 43.3. The number of halogens is 4. The minimum Gasteiger partial charge on any atom is -0.508 e. The normalized spacial score (nSPS) is 12.0. The van der Waals surface area contributed by atoms with E-state index < -0.39 is 5.97 Å². The predicted molar refractivity (Wildman–Crippen MR) is 591 cm³/mol. The highest BCUT2D eigenvalue weighted by atomic mass is 79.9. The number of furan rings is 4. The molecule has 2 aliphatic carbocycles. The number of ether oxygens (including phenoxy) is 3. The molecule has 5 N–H and O–H groups in total. The third-order valence-corrected chi connectivity index (χ3v) is 26.1. The van der Waals surface area contributed by atoms with Crippen molar-refractivity contribution in [3.63, 3.8) is 0 Å². The molecular formula is C120H123Br4N5O19. The van der Waals surface area contributed by atoms with Crippen LogP contribution in [0.1, 0.15) is 201 Å². The Morgan fingerprint density at radius 2 is 0.635 bits per heavy atom. The van der Waals surface area contributed by atoms with Gasteiger partial charge in [0.25, 0.3) is 23.6 Å². The van der Waals surface area contributed by atoms with E-state index in [1.165, 1.54) is 42.9 Å². The van der Waals surface area contributed by atoms with Crippen LogP contribution in [-0.4, -0.2) is 143 Å². The number of carbonyl (C=O) groups excluding carboxylic acids is 7. The molecule has 10 aromatic carbocycles. The zero-order chi connectivity index (χ0) is 106. The smallest absolute Gasteiger partial charge is 0.303 e. The Kier molecular flexibility index (Phi) is 44.3. The van der Waals surface area contributed by atoms with Gasteiger partial charge in [0.1, 0.15) is 88.9 Å². The Balaban J connectivity index is 0.000000176. The number of aldehydes is 1. The van der Waals surface area contributed by atoms with Gasteiger partial charge in [-0.2, -0.15) is 0 Å². The SMILES string of the molecule is C/C(=C\COc1ccc(C2CC2)cc1CN(C)C(=O)c1ccc(-c2ccco2)cc1)CCC(=O)O.CC(=O)CC/C(C)=C/COc1ccc(Br)cc1CN(C)C(=O)c1ccc(-c2ccco2)cc1.CC(=O)CC/C(C)=C/COc1ccc(C2CC2)cc1CN(C)C(=O)c1ccc(-c2ccco2)cc1.CN(Cc1cc(Br)ccc1O)C(=O)c1ccc(-c2ccco2)cc1.CNCc1cc(Br)ccc1O.O=Cc1cc(Br)ccc1O. The number of aliphatic carboxylic acids is 1. The highest BCUT2D eigenvalue weighted by Crippen LogP contribution is 2.44. The van der Waals surface area contributed by atoms with E-state index in [4.69, 9.17) is 42.1 Å². The predicted octanol–water partition coefficient (Wildman–Crippen LogP) is 28.3. The number of phenolic OH excluding ortho intramolecular Hbond substituents is 3. The molecule has 0 unspecified atom stereocenters. The van der Waals surface area contributed by atoms with Crippen LogP contribution in [0, 0.1) is 0 Å². The van der Waals surface area contributed by atoms with Gasteiger partial charge in [-0.15, -0.1) is 0 Å². The number of nitrogens with one attached hydrogen (secondary N) is 1. The summed E-state index contributed by atoms with van der Waals surface area (Å²) in [6, 6.07) is 78.1. The summed E-state index contributed by atoms with van der Waals surface area (Å²) >= 11 is 13.4. The third-order valence-electron chi connectivity index (χ3n) is 24.1. The monoisotopic (exact) mass is 2250 g/mol. The summed E-state index contributed by atoms with van der Waals surface area (Å²) in [5, 5.41) is 40.0. The number of ketones is 2. The minimum absolute atomic E-state index is 0.0122. The van der Waals surface area contributed by atoms with Crippen LogP contribution in [0.5, 0.6) is 34.5 Å². The zero-order valence-electron chi connectivity index (χ0n) is 84.5. The lowest BCUT2D eigenvalue weighted by Gasteiger charge is -2.20. The van der Waals surface area contributed by atoms with E-state index in [0.717, 1.165) is 132 Å². The first kappa shape index (κ1) is 114. The Morgan fingerprint density at radius 3 is 0.932 bits per heavy atom. The van der Waals surface area contributed by atoms with Gasteiger partial charge in [0.15, 0.2) is 6.29 Å². The van der Waals surface area contributed by atoms with Crippen LogP contribution >= 0.6 is 63.7 Å². The molecule has 4 heterocycles. The minimum atomic E-state index is -0.806. The number of carbonyl (C=O) groups is 8. The van der Waals surface area contributed by atoms with Crippen LogP contribution in [0.4, 0.5) is 0 Å². The van der Waals surface area contributed by atoms with Crippen molar-refractivity contribution in [1.29, 1.82) is 0 Å². The van der Waals surface area contributed by atoms with Crippen molar-refractivity contribution in [3.05, 3.63) is 399 Å². The molecule has 16 rings (SSSR count). The van der Waals surface area contributed by atoms with Crippen molar-refractivity contribution in [2.45, 2.75) is 143 Å². The van der Waals surface area contributed by atoms with Gasteiger partial charge in [0.2, 0.25) is 0 Å².